The first-order valence-corrected chi connectivity index (χ1v) is 24.9. The molecule has 16 heteroatoms. The van der Waals surface area contributed by atoms with Gasteiger partial charge in [0.25, 0.3) is 0 Å². The number of carbonyl (C=O) groups is 1. The van der Waals surface area contributed by atoms with Crippen LogP contribution in [0.2, 0.25) is 0 Å². The number of cyclic esters (lactones) is 1. The van der Waals surface area contributed by atoms with Gasteiger partial charge in [0.05, 0.1) is 54.4 Å². The third-order valence-electron chi connectivity index (χ3n) is 16.1. The average Bonchev–Trinajstić information content (AvgIpc) is 3.74. The molecular formula is C43H70O14S2. The molecule has 0 unspecified atom stereocenters. The molecule has 0 spiro atoms. The molecule has 0 aromatic rings. The van der Waals surface area contributed by atoms with Crippen LogP contribution in [0.3, 0.4) is 0 Å². The Hall–Kier alpha value is -0.570. The first-order chi connectivity index (χ1) is 27.9. The lowest BCUT2D eigenvalue weighted by Crippen LogP contribution is -2.67. The van der Waals surface area contributed by atoms with Crippen molar-refractivity contribution in [3.63, 3.8) is 0 Å². The zero-order valence-corrected chi connectivity index (χ0v) is 37.4. The summed E-state index contributed by atoms with van der Waals surface area (Å²) in [5.74, 6) is 0.204. The Labute approximate surface area is 357 Å². The highest BCUT2D eigenvalue weighted by atomic mass is 33.1. The summed E-state index contributed by atoms with van der Waals surface area (Å²) in [4.78, 5) is 11.9. The lowest BCUT2D eigenvalue weighted by Gasteiger charge is -2.65. The van der Waals surface area contributed by atoms with Crippen LogP contribution >= 0.6 is 21.6 Å². The fourth-order valence-electron chi connectivity index (χ4n) is 12.8. The highest BCUT2D eigenvalue weighted by molar-refractivity contribution is 8.76. The monoisotopic (exact) mass is 874 g/mol. The fourth-order valence-corrected chi connectivity index (χ4v) is 12.8. The SMILES string of the molecule is CSSC.C[C@H]1O[C@@H](O[C@H]2[C@@H](O)C[C@H](O[C@H]3[C@@H](O)C[C@H](O[C@H]4CC[C@@]5(C)[C@H](CC[C@@H]6[C@@H]5C[C@@H](O)[C@]5(C)[C@@H](C7=CC(=O)OC7)CC[C@]65O)C4)O[C@@H]3C)O[C@@H]2C)C[C@H](O)[C@@H]1O. The largest absolute Gasteiger partial charge is 0.458 e. The summed E-state index contributed by atoms with van der Waals surface area (Å²) in [5, 5.41) is 66.9. The van der Waals surface area contributed by atoms with E-state index in [2.05, 4.69) is 19.4 Å². The van der Waals surface area contributed by atoms with Crippen LogP contribution in [0.15, 0.2) is 11.6 Å². The first-order valence-electron chi connectivity index (χ1n) is 21.9. The molecule has 4 aliphatic carbocycles. The van der Waals surface area contributed by atoms with Crippen molar-refractivity contribution in [3.05, 3.63) is 11.6 Å². The molecule has 4 aliphatic heterocycles. The van der Waals surface area contributed by atoms with E-state index in [9.17, 15) is 35.4 Å². The minimum atomic E-state index is -1.01. The zero-order valence-electron chi connectivity index (χ0n) is 35.7. The van der Waals surface area contributed by atoms with E-state index in [0.717, 1.165) is 44.1 Å². The second kappa shape index (κ2) is 18.5. The van der Waals surface area contributed by atoms with Crippen LogP contribution in [0, 0.1) is 34.5 Å². The van der Waals surface area contributed by atoms with Crippen LogP contribution in [0.1, 0.15) is 105 Å². The third-order valence-corrected chi connectivity index (χ3v) is 17.5. The number of rotatable bonds is 8. The number of ether oxygens (including phenoxy) is 7. The minimum Gasteiger partial charge on any atom is -0.458 e. The molecule has 6 N–H and O–H groups in total. The van der Waals surface area contributed by atoms with E-state index >= 15 is 0 Å². The van der Waals surface area contributed by atoms with Crippen molar-refractivity contribution in [1.82, 2.24) is 0 Å². The number of carbonyl (C=O) groups excluding carboxylic acids is 1. The molecule has 0 aromatic carbocycles. The molecule has 3 saturated heterocycles. The molecule has 8 aliphatic rings. The molecule has 14 nitrogen and oxygen atoms in total. The molecule has 338 valence electrons. The molecule has 21 atom stereocenters. The molecule has 0 radical (unpaired) electrons. The smallest absolute Gasteiger partial charge is 0.331 e. The predicted octanol–water partition coefficient (Wildman–Crippen LogP) is 3.85. The molecule has 59 heavy (non-hydrogen) atoms. The van der Waals surface area contributed by atoms with Gasteiger partial charge < -0.3 is 63.8 Å². The van der Waals surface area contributed by atoms with Crippen molar-refractivity contribution in [1.29, 1.82) is 0 Å². The molecule has 8 rings (SSSR count). The molecule has 0 bridgehead atoms. The van der Waals surface area contributed by atoms with Gasteiger partial charge in [0.2, 0.25) is 0 Å². The predicted molar refractivity (Wildman–Crippen MR) is 220 cm³/mol. The van der Waals surface area contributed by atoms with Crippen molar-refractivity contribution in [2.45, 2.75) is 197 Å². The van der Waals surface area contributed by atoms with Gasteiger partial charge in [0, 0.05) is 30.8 Å². The zero-order chi connectivity index (χ0) is 42.6. The van der Waals surface area contributed by atoms with E-state index in [0.29, 0.717) is 18.8 Å². The summed E-state index contributed by atoms with van der Waals surface area (Å²) < 4.78 is 42.1. The first kappa shape index (κ1) is 46.4. The Bertz CT molecular complexity index is 1450. The summed E-state index contributed by atoms with van der Waals surface area (Å²) in [7, 11) is 3.55. The average molecular weight is 875 g/mol. The highest BCUT2D eigenvalue weighted by Crippen LogP contribution is 2.70. The normalized spacial score (nSPS) is 52.3. The maximum Gasteiger partial charge on any atom is 0.331 e. The number of fused-ring (bicyclic) bond motifs is 5. The topological polar surface area (TPSA) is 203 Å². The van der Waals surface area contributed by atoms with E-state index in [1.54, 1.807) is 41.5 Å². The Morgan fingerprint density at radius 1 is 0.695 bits per heavy atom. The third kappa shape index (κ3) is 8.82. The Balaban J connectivity index is 0.00000126. The molecule has 0 amide bonds. The van der Waals surface area contributed by atoms with Gasteiger partial charge in [-0.25, -0.2) is 4.79 Å². The van der Waals surface area contributed by atoms with Crippen molar-refractivity contribution in [2.75, 3.05) is 19.1 Å². The van der Waals surface area contributed by atoms with Crippen molar-refractivity contribution >= 4 is 27.6 Å². The fraction of sp³-hybridized carbons (Fsp3) is 0.930. The van der Waals surface area contributed by atoms with Crippen LogP contribution in [0.25, 0.3) is 0 Å². The highest BCUT2D eigenvalue weighted by Gasteiger charge is 2.71. The van der Waals surface area contributed by atoms with E-state index in [4.69, 9.17) is 33.2 Å². The van der Waals surface area contributed by atoms with Gasteiger partial charge in [-0.2, -0.15) is 0 Å². The summed E-state index contributed by atoms with van der Waals surface area (Å²) in [6.07, 6.45) is 2.61. The van der Waals surface area contributed by atoms with Crippen LogP contribution < -0.4 is 0 Å². The van der Waals surface area contributed by atoms with E-state index < -0.39 is 90.9 Å². The summed E-state index contributed by atoms with van der Waals surface area (Å²) in [6.45, 7) is 9.90. The lowest BCUT2D eigenvalue weighted by atomic mass is 9.42. The van der Waals surface area contributed by atoms with Crippen LogP contribution in [0.4, 0.5) is 0 Å². The molecule has 4 saturated carbocycles. The van der Waals surface area contributed by atoms with E-state index in [-0.39, 0.29) is 61.1 Å². The van der Waals surface area contributed by atoms with E-state index in [1.807, 2.05) is 13.8 Å². The van der Waals surface area contributed by atoms with Gasteiger partial charge in [0.1, 0.15) is 24.9 Å². The van der Waals surface area contributed by atoms with Crippen molar-refractivity contribution in [3.8, 4) is 0 Å². The van der Waals surface area contributed by atoms with E-state index in [1.165, 1.54) is 0 Å². The maximum absolute atomic E-state index is 12.6. The summed E-state index contributed by atoms with van der Waals surface area (Å²) in [6, 6.07) is 0. The second-order valence-corrected chi connectivity index (χ2v) is 21.8. The quantitative estimate of drug-likeness (QED) is 0.117. The maximum atomic E-state index is 12.6. The number of aliphatic hydroxyl groups is 6. The lowest BCUT2D eigenvalue weighted by molar-refractivity contribution is -0.336. The number of aliphatic hydroxyl groups excluding tert-OH is 5. The number of hydrogen-bond acceptors (Lipinski definition) is 16. The second-order valence-electron chi connectivity index (χ2n) is 19.1. The standard InChI is InChI=1S/C41H64O14.C2H6S2/c1-19-36(47)28(42)15-34(50-19)54-38-21(3)52-35(17-30(38)44)55-37-20(2)51-33(16-29(37)43)53-24-8-10-39(4)23(13-24)6-7-26-27(39)14-31(45)40(5)25(9-11-41(26,40)48)22-12-32(46)49-18-22;1-3-4-2/h12,19-21,23-31,33-38,42-45,47-48H,6-11,13-18H2,1-5H3;1-2H3/t19-,20-,21-,23-,24+,25-,26-,27+,28+,29+,30+,31-,33+,34+,35+,36-,37-,38-,39+,40+,41+;/m1./s1. The summed E-state index contributed by atoms with van der Waals surface area (Å²) in [5.41, 5.74) is -0.892. The van der Waals surface area contributed by atoms with Crippen molar-refractivity contribution in [2.24, 2.45) is 34.5 Å². The molecular weight excluding hydrogens is 805 g/mol. The Morgan fingerprint density at radius 3 is 1.81 bits per heavy atom. The van der Waals surface area contributed by atoms with Gasteiger partial charge >= 0.3 is 5.97 Å². The molecule has 7 fully saturated rings. The van der Waals surface area contributed by atoms with Gasteiger partial charge in [-0.3, -0.25) is 0 Å². The Kier molecular flexibility index (Phi) is 14.6. The van der Waals surface area contributed by atoms with Crippen LogP contribution in [-0.4, -0.2) is 147 Å². The Morgan fingerprint density at radius 2 is 1.27 bits per heavy atom. The van der Waals surface area contributed by atoms with Crippen LogP contribution in [-0.2, 0) is 38.0 Å². The van der Waals surface area contributed by atoms with Gasteiger partial charge in [-0.15, -0.1) is 0 Å². The van der Waals surface area contributed by atoms with Crippen LogP contribution in [0.5, 0.6) is 0 Å². The van der Waals surface area contributed by atoms with Gasteiger partial charge in [-0.1, -0.05) is 35.4 Å². The number of esters is 1. The minimum absolute atomic E-state index is 0.0452. The molecule has 4 heterocycles. The molecule has 0 aromatic heterocycles. The van der Waals surface area contributed by atoms with Gasteiger partial charge in [0.15, 0.2) is 18.9 Å². The summed E-state index contributed by atoms with van der Waals surface area (Å²) >= 11 is 0. The van der Waals surface area contributed by atoms with Gasteiger partial charge in [-0.05, 0) is 119 Å². The van der Waals surface area contributed by atoms with Crippen molar-refractivity contribution < 1.29 is 68.6 Å². The number of hydrogen-bond donors (Lipinski definition) is 6.